The summed E-state index contributed by atoms with van der Waals surface area (Å²) in [4.78, 5) is 20.5. The van der Waals surface area contributed by atoms with Crippen LogP contribution in [0.2, 0.25) is 0 Å². The summed E-state index contributed by atoms with van der Waals surface area (Å²) in [6, 6.07) is 11.2. The number of aromatic nitrogens is 4. The van der Waals surface area contributed by atoms with Crippen molar-refractivity contribution >= 4 is 16.3 Å². The van der Waals surface area contributed by atoms with E-state index in [9.17, 15) is 4.79 Å². The van der Waals surface area contributed by atoms with Gasteiger partial charge < -0.3 is 4.42 Å². The summed E-state index contributed by atoms with van der Waals surface area (Å²) in [5.74, 6) is 1.02. The summed E-state index contributed by atoms with van der Waals surface area (Å²) >= 11 is 1.50. The molecule has 1 aromatic carbocycles. The second-order valence-corrected chi connectivity index (χ2v) is 7.33. The minimum Gasteiger partial charge on any atom is -0.419 e. The van der Waals surface area contributed by atoms with E-state index in [0.29, 0.717) is 29.8 Å². The highest BCUT2D eigenvalue weighted by atomic mass is 32.1. The van der Waals surface area contributed by atoms with E-state index in [1.54, 1.807) is 10.5 Å². The number of aryl methyl sites for hydroxylation is 1. The molecule has 132 valence electrons. The van der Waals surface area contributed by atoms with E-state index in [1.807, 2.05) is 55.4 Å². The zero-order chi connectivity index (χ0) is 18.1. The van der Waals surface area contributed by atoms with E-state index in [4.69, 9.17) is 4.42 Å². The topological polar surface area (TPSA) is 76.5 Å². The third-order valence-corrected chi connectivity index (χ3v) is 4.76. The molecule has 26 heavy (non-hydrogen) atoms. The maximum Gasteiger partial charge on any atom is 0.258 e. The average molecular weight is 367 g/mol. The van der Waals surface area contributed by atoms with Gasteiger partial charge in [0.05, 0.1) is 12.2 Å². The Kier molecular flexibility index (Phi) is 4.36. The lowest BCUT2D eigenvalue weighted by atomic mass is 10.2. The summed E-state index contributed by atoms with van der Waals surface area (Å²) in [6.07, 6.45) is 1.81. The molecule has 0 N–H and O–H groups in total. The highest BCUT2D eigenvalue weighted by molar-refractivity contribution is 7.16. The molecule has 0 amide bonds. The van der Waals surface area contributed by atoms with Crippen molar-refractivity contribution in [3.8, 4) is 11.5 Å². The molecule has 0 aliphatic heterocycles. The largest absolute Gasteiger partial charge is 0.419 e. The summed E-state index contributed by atoms with van der Waals surface area (Å²) in [5, 5.41) is 8.20. The van der Waals surface area contributed by atoms with Gasteiger partial charge in [0.1, 0.15) is 0 Å². The van der Waals surface area contributed by atoms with Crippen LogP contribution in [0.3, 0.4) is 0 Å². The maximum absolute atomic E-state index is 12.2. The van der Waals surface area contributed by atoms with Crippen LogP contribution in [0.15, 0.2) is 51.8 Å². The van der Waals surface area contributed by atoms with E-state index >= 15 is 0 Å². The third-order valence-electron chi connectivity index (χ3n) is 3.86. The quantitative estimate of drug-likeness (QED) is 0.540. The Bertz CT molecular complexity index is 1100. The Hall–Kier alpha value is -2.84. The van der Waals surface area contributed by atoms with E-state index < -0.39 is 0 Å². The number of nitrogens with zero attached hydrogens (tertiary/aromatic N) is 5. The third kappa shape index (κ3) is 3.42. The molecule has 0 saturated heterocycles. The van der Waals surface area contributed by atoms with Crippen molar-refractivity contribution < 1.29 is 4.42 Å². The second kappa shape index (κ2) is 6.81. The lowest BCUT2D eigenvalue weighted by Gasteiger charge is -2.13. The molecule has 7 nitrogen and oxygen atoms in total. The van der Waals surface area contributed by atoms with E-state index in [-0.39, 0.29) is 5.56 Å². The highest BCUT2D eigenvalue weighted by Crippen LogP contribution is 2.18. The zero-order valence-electron chi connectivity index (χ0n) is 14.4. The molecule has 8 heteroatoms. The predicted molar refractivity (Wildman–Crippen MR) is 99.0 cm³/mol. The molecule has 0 radical (unpaired) electrons. The smallest absolute Gasteiger partial charge is 0.258 e. The minimum absolute atomic E-state index is 0.0631. The van der Waals surface area contributed by atoms with Gasteiger partial charge in [-0.05, 0) is 26.1 Å². The molecular formula is C18H17N5O2S. The van der Waals surface area contributed by atoms with Crippen molar-refractivity contribution in [1.82, 2.24) is 24.5 Å². The molecule has 0 atom stereocenters. The van der Waals surface area contributed by atoms with Gasteiger partial charge in [0.15, 0.2) is 4.96 Å². The molecule has 3 aromatic heterocycles. The Balaban J connectivity index is 1.48. The van der Waals surface area contributed by atoms with E-state index in [1.165, 1.54) is 11.3 Å². The molecule has 4 rings (SSSR count). The molecular weight excluding hydrogens is 350 g/mol. The van der Waals surface area contributed by atoms with Gasteiger partial charge in [0.25, 0.3) is 5.56 Å². The molecule has 0 saturated carbocycles. The SMILES string of the molecule is Cc1cn2c(=O)cc(CN(C)Cc3nnc(-c4ccccc4)o3)nc2s1. The van der Waals surface area contributed by atoms with Gasteiger partial charge in [-0.1, -0.05) is 18.2 Å². The minimum atomic E-state index is -0.0631. The summed E-state index contributed by atoms with van der Waals surface area (Å²) in [5.41, 5.74) is 1.55. The molecule has 4 aromatic rings. The fraction of sp³-hybridized carbons (Fsp3) is 0.222. The van der Waals surface area contributed by atoms with Crippen LogP contribution in [0.4, 0.5) is 0 Å². The van der Waals surface area contributed by atoms with Crippen molar-refractivity contribution in [2.75, 3.05) is 7.05 Å². The van der Waals surface area contributed by atoms with Crippen LogP contribution in [0.1, 0.15) is 16.5 Å². The highest BCUT2D eigenvalue weighted by Gasteiger charge is 2.12. The second-order valence-electron chi connectivity index (χ2n) is 6.12. The number of benzene rings is 1. The van der Waals surface area contributed by atoms with E-state index in [2.05, 4.69) is 15.2 Å². The van der Waals surface area contributed by atoms with Crippen molar-refractivity contribution in [2.45, 2.75) is 20.0 Å². The van der Waals surface area contributed by atoms with Crippen LogP contribution in [0.5, 0.6) is 0 Å². The Labute approximate surface area is 153 Å². The summed E-state index contributed by atoms with van der Waals surface area (Å²) in [7, 11) is 1.93. The monoisotopic (exact) mass is 367 g/mol. The molecule has 0 spiro atoms. The molecule has 0 aliphatic rings. The normalized spacial score (nSPS) is 11.5. The lowest BCUT2D eigenvalue weighted by molar-refractivity contribution is 0.280. The Morgan fingerprint density at radius 2 is 2.00 bits per heavy atom. The van der Waals surface area contributed by atoms with Gasteiger partial charge in [0.2, 0.25) is 11.8 Å². The van der Waals surface area contributed by atoms with Crippen molar-refractivity contribution in [3.05, 3.63) is 69.4 Å². The molecule has 0 unspecified atom stereocenters. The zero-order valence-corrected chi connectivity index (χ0v) is 15.2. The van der Waals surface area contributed by atoms with Crippen molar-refractivity contribution in [1.29, 1.82) is 0 Å². The maximum atomic E-state index is 12.2. The van der Waals surface area contributed by atoms with Crippen molar-refractivity contribution in [3.63, 3.8) is 0 Å². The standard InChI is InChI=1S/C18H17N5O2S/c1-12-9-23-16(24)8-14(19-18(23)26-12)10-22(2)11-15-20-21-17(25-15)13-6-4-3-5-7-13/h3-9H,10-11H2,1-2H3. The average Bonchev–Trinajstić information content (AvgIpc) is 3.22. The lowest BCUT2D eigenvalue weighted by Crippen LogP contribution is -2.21. The molecule has 0 bridgehead atoms. The fourth-order valence-electron chi connectivity index (χ4n) is 2.72. The Morgan fingerprint density at radius 3 is 2.81 bits per heavy atom. The van der Waals surface area contributed by atoms with Crippen LogP contribution in [-0.4, -0.2) is 31.5 Å². The number of fused-ring (bicyclic) bond motifs is 1. The first-order chi connectivity index (χ1) is 12.6. The van der Waals surface area contributed by atoms with Crippen LogP contribution >= 0.6 is 11.3 Å². The van der Waals surface area contributed by atoms with Gasteiger partial charge in [-0.2, -0.15) is 0 Å². The van der Waals surface area contributed by atoms with Crippen LogP contribution in [0, 0.1) is 6.92 Å². The van der Waals surface area contributed by atoms with Crippen LogP contribution in [-0.2, 0) is 13.1 Å². The predicted octanol–water partition coefficient (Wildman–Crippen LogP) is 2.75. The summed E-state index contributed by atoms with van der Waals surface area (Å²) < 4.78 is 7.30. The van der Waals surface area contributed by atoms with Crippen LogP contribution in [0.25, 0.3) is 16.4 Å². The van der Waals surface area contributed by atoms with Crippen LogP contribution < -0.4 is 5.56 Å². The van der Waals surface area contributed by atoms with E-state index in [0.717, 1.165) is 16.1 Å². The van der Waals surface area contributed by atoms with Gasteiger partial charge in [-0.15, -0.1) is 21.5 Å². The number of hydrogen-bond acceptors (Lipinski definition) is 7. The Morgan fingerprint density at radius 1 is 1.19 bits per heavy atom. The molecule has 3 heterocycles. The van der Waals surface area contributed by atoms with Gasteiger partial charge in [-0.3, -0.25) is 14.1 Å². The number of hydrogen-bond donors (Lipinski definition) is 0. The fourth-order valence-corrected chi connectivity index (χ4v) is 3.57. The van der Waals surface area contributed by atoms with Gasteiger partial charge >= 0.3 is 0 Å². The first-order valence-electron chi connectivity index (χ1n) is 8.13. The number of rotatable bonds is 5. The number of thiazole rings is 1. The molecule has 0 aliphatic carbocycles. The summed E-state index contributed by atoms with van der Waals surface area (Å²) in [6.45, 7) is 2.96. The molecule has 0 fully saturated rings. The van der Waals surface area contributed by atoms with Gasteiger partial charge in [-0.25, -0.2) is 4.98 Å². The van der Waals surface area contributed by atoms with Gasteiger partial charge in [0, 0.05) is 29.2 Å². The van der Waals surface area contributed by atoms with Crippen molar-refractivity contribution in [2.24, 2.45) is 0 Å². The first-order valence-corrected chi connectivity index (χ1v) is 8.95. The first kappa shape index (κ1) is 16.6.